The van der Waals surface area contributed by atoms with Gasteiger partial charge in [0.2, 0.25) is 11.8 Å². The number of hydrogen-bond donors (Lipinski definition) is 1. The van der Waals surface area contributed by atoms with E-state index in [0.717, 1.165) is 0 Å². The predicted molar refractivity (Wildman–Crippen MR) is 92.5 cm³/mol. The number of carbonyl (C=O) groups is 2. The molecule has 24 heavy (non-hydrogen) atoms. The summed E-state index contributed by atoms with van der Waals surface area (Å²) in [6.07, 6.45) is 2.40. The fourth-order valence-corrected chi connectivity index (χ4v) is 2.94. The molecule has 0 saturated carbocycles. The summed E-state index contributed by atoms with van der Waals surface area (Å²) >= 11 is 11.8. The van der Waals surface area contributed by atoms with Crippen LogP contribution in [0.3, 0.4) is 0 Å². The Hall–Kier alpha value is -2.03. The number of nitrogens with one attached hydrogen (secondary N) is 1. The summed E-state index contributed by atoms with van der Waals surface area (Å²) in [7, 11) is 0. The second-order valence-electron chi connectivity index (χ2n) is 5.55. The third-order valence-electron chi connectivity index (χ3n) is 4.04. The molecule has 1 aliphatic rings. The molecule has 5 nitrogen and oxygen atoms in total. The van der Waals surface area contributed by atoms with E-state index in [2.05, 4.69) is 18.0 Å². The fraction of sp³-hybridized carbons (Fsp3) is 0.353. The number of hydrogen-bond acceptors (Lipinski definition) is 3. The average Bonchev–Trinajstić information content (AvgIpc) is 2.61. The monoisotopic (exact) mass is 365 g/mol. The van der Waals surface area contributed by atoms with E-state index in [1.165, 1.54) is 6.08 Å². The molecule has 2 rings (SSSR count). The van der Waals surface area contributed by atoms with Crippen LogP contribution in [0.4, 0.5) is 0 Å². The van der Waals surface area contributed by atoms with Crippen molar-refractivity contribution in [1.82, 2.24) is 10.2 Å². The lowest BCUT2D eigenvalue weighted by atomic mass is 9.95. The van der Waals surface area contributed by atoms with Crippen molar-refractivity contribution in [2.24, 2.45) is 5.92 Å². The van der Waals surface area contributed by atoms with Crippen molar-refractivity contribution >= 4 is 35.0 Å². The first kappa shape index (κ1) is 18.3. The number of nitriles is 1. The van der Waals surface area contributed by atoms with Gasteiger partial charge in [0, 0.05) is 19.0 Å². The molecule has 0 bridgehead atoms. The van der Waals surface area contributed by atoms with E-state index in [-0.39, 0.29) is 17.7 Å². The molecule has 1 aromatic carbocycles. The van der Waals surface area contributed by atoms with Gasteiger partial charge in [-0.05, 0) is 36.6 Å². The molecule has 1 unspecified atom stereocenters. The zero-order chi connectivity index (χ0) is 17.7. The average molecular weight is 366 g/mol. The van der Waals surface area contributed by atoms with Crippen molar-refractivity contribution in [3.8, 4) is 6.07 Å². The highest BCUT2D eigenvalue weighted by Gasteiger charge is 2.28. The minimum atomic E-state index is -0.792. The van der Waals surface area contributed by atoms with Crippen LogP contribution >= 0.6 is 23.2 Å². The molecular weight excluding hydrogens is 349 g/mol. The highest BCUT2D eigenvalue weighted by molar-refractivity contribution is 6.42. The molecule has 1 saturated heterocycles. The number of carbonyl (C=O) groups excluding carboxylic acids is 2. The second-order valence-corrected chi connectivity index (χ2v) is 6.36. The third-order valence-corrected chi connectivity index (χ3v) is 4.78. The first-order valence-corrected chi connectivity index (χ1v) is 8.28. The normalized spacial score (nSPS) is 16.1. The molecule has 1 aliphatic heterocycles. The SMILES string of the molecule is C=CC(=O)N1CCC(C(=O)NC(C#N)c2ccc(Cl)c(Cl)c2)CC1. The van der Waals surface area contributed by atoms with Crippen LogP contribution in [0, 0.1) is 17.2 Å². The first-order chi connectivity index (χ1) is 11.5. The van der Waals surface area contributed by atoms with Crippen LogP contribution in [-0.2, 0) is 9.59 Å². The highest BCUT2D eigenvalue weighted by Crippen LogP contribution is 2.26. The van der Waals surface area contributed by atoms with Gasteiger partial charge in [-0.3, -0.25) is 9.59 Å². The number of halogens is 2. The van der Waals surface area contributed by atoms with Crippen LogP contribution in [0.5, 0.6) is 0 Å². The predicted octanol–water partition coefficient (Wildman–Crippen LogP) is 3.10. The van der Waals surface area contributed by atoms with Crippen LogP contribution in [0.2, 0.25) is 10.0 Å². The van der Waals surface area contributed by atoms with Gasteiger partial charge in [-0.1, -0.05) is 35.8 Å². The number of benzene rings is 1. The van der Waals surface area contributed by atoms with E-state index < -0.39 is 6.04 Å². The molecule has 1 N–H and O–H groups in total. The van der Waals surface area contributed by atoms with E-state index in [9.17, 15) is 14.9 Å². The molecule has 1 heterocycles. The molecule has 2 amide bonds. The smallest absolute Gasteiger partial charge is 0.245 e. The molecule has 1 fully saturated rings. The molecule has 0 spiro atoms. The summed E-state index contributed by atoms with van der Waals surface area (Å²) in [4.78, 5) is 25.6. The Balaban J connectivity index is 1.98. The van der Waals surface area contributed by atoms with Crippen LogP contribution in [0.25, 0.3) is 0 Å². The van der Waals surface area contributed by atoms with E-state index in [0.29, 0.717) is 41.5 Å². The highest BCUT2D eigenvalue weighted by atomic mass is 35.5. The van der Waals surface area contributed by atoms with Crippen molar-refractivity contribution in [2.45, 2.75) is 18.9 Å². The lowest BCUT2D eigenvalue weighted by Crippen LogP contribution is -2.43. The summed E-state index contributed by atoms with van der Waals surface area (Å²) in [6.45, 7) is 4.47. The van der Waals surface area contributed by atoms with Gasteiger partial charge in [-0.25, -0.2) is 0 Å². The Bertz CT molecular complexity index is 692. The molecular formula is C17H17Cl2N3O2. The van der Waals surface area contributed by atoms with Gasteiger partial charge < -0.3 is 10.2 Å². The maximum Gasteiger partial charge on any atom is 0.245 e. The van der Waals surface area contributed by atoms with Crippen molar-refractivity contribution < 1.29 is 9.59 Å². The maximum absolute atomic E-state index is 12.4. The van der Waals surface area contributed by atoms with Gasteiger partial charge in [0.25, 0.3) is 0 Å². The van der Waals surface area contributed by atoms with Gasteiger partial charge in [0.15, 0.2) is 0 Å². The van der Waals surface area contributed by atoms with Crippen LogP contribution < -0.4 is 5.32 Å². The summed E-state index contributed by atoms with van der Waals surface area (Å²) in [6, 6.07) is 6.09. The van der Waals surface area contributed by atoms with E-state index in [4.69, 9.17) is 23.2 Å². The zero-order valence-corrected chi connectivity index (χ0v) is 14.5. The van der Waals surface area contributed by atoms with Crippen LogP contribution in [0.15, 0.2) is 30.9 Å². The van der Waals surface area contributed by atoms with Crippen molar-refractivity contribution in [3.63, 3.8) is 0 Å². The Morgan fingerprint density at radius 3 is 2.54 bits per heavy atom. The van der Waals surface area contributed by atoms with Gasteiger partial charge in [0.1, 0.15) is 6.04 Å². The molecule has 126 valence electrons. The van der Waals surface area contributed by atoms with E-state index in [1.807, 2.05) is 0 Å². The molecule has 7 heteroatoms. The molecule has 1 atom stereocenters. The van der Waals surface area contributed by atoms with Crippen LogP contribution in [-0.4, -0.2) is 29.8 Å². The quantitative estimate of drug-likeness (QED) is 0.833. The molecule has 1 aromatic rings. The maximum atomic E-state index is 12.4. The van der Waals surface area contributed by atoms with Gasteiger partial charge in [0.05, 0.1) is 16.1 Å². The standard InChI is InChI=1S/C17H17Cl2N3O2/c1-2-16(23)22-7-5-11(6-8-22)17(24)21-15(10-20)12-3-4-13(18)14(19)9-12/h2-4,9,11,15H,1,5-8H2,(H,21,24). The lowest BCUT2D eigenvalue weighted by molar-refractivity contribution is -0.132. The fourth-order valence-electron chi connectivity index (χ4n) is 2.63. The third kappa shape index (κ3) is 4.28. The minimum absolute atomic E-state index is 0.125. The number of rotatable bonds is 4. The molecule has 0 radical (unpaired) electrons. The Morgan fingerprint density at radius 2 is 2.00 bits per heavy atom. The number of piperidine rings is 1. The second kappa shape index (κ2) is 8.18. The number of nitrogens with zero attached hydrogens (tertiary/aromatic N) is 2. The Morgan fingerprint density at radius 1 is 1.33 bits per heavy atom. The molecule has 0 aromatic heterocycles. The van der Waals surface area contributed by atoms with Crippen molar-refractivity contribution in [2.75, 3.05) is 13.1 Å². The lowest BCUT2D eigenvalue weighted by Gasteiger charge is -2.31. The molecule has 0 aliphatic carbocycles. The minimum Gasteiger partial charge on any atom is -0.339 e. The van der Waals surface area contributed by atoms with Crippen molar-refractivity contribution in [3.05, 3.63) is 46.5 Å². The van der Waals surface area contributed by atoms with Gasteiger partial charge in [-0.15, -0.1) is 0 Å². The van der Waals surface area contributed by atoms with E-state index in [1.54, 1.807) is 23.1 Å². The van der Waals surface area contributed by atoms with Crippen molar-refractivity contribution in [1.29, 1.82) is 5.26 Å². The van der Waals surface area contributed by atoms with E-state index >= 15 is 0 Å². The summed E-state index contributed by atoms with van der Waals surface area (Å²) < 4.78 is 0. The number of likely N-dealkylation sites (tertiary alicyclic amines) is 1. The largest absolute Gasteiger partial charge is 0.339 e. The summed E-state index contributed by atoms with van der Waals surface area (Å²) in [5.74, 6) is -0.546. The van der Waals surface area contributed by atoms with Crippen LogP contribution in [0.1, 0.15) is 24.4 Å². The zero-order valence-electron chi connectivity index (χ0n) is 13.0. The summed E-state index contributed by atoms with van der Waals surface area (Å²) in [5, 5.41) is 12.8. The number of amides is 2. The Labute approximate surface area is 150 Å². The Kier molecular flexibility index (Phi) is 6.24. The topological polar surface area (TPSA) is 73.2 Å². The first-order valence-electron chi connectivity index (χ1n) is 7.52. The summed E-state index contributed by atoms with van der Waals surface area (Å²) in [5.41, 5.74) is 0.583. The van der Waals surface area contributed by atoms with Gasteiger partial charge in [-0.2, -0.15) is 5.26 Å². The van der Waals surface area contributed by atoms with Gasteiger partial charge >= 0.3 is 0 Å².